The maximum atomic E-state index is 13.0. The highest BCUT2D eigenvalue weighted by Gasteiger charge is 2.26. The SMILES string of the molecule is CCOC(=O)CCN(CC1CCCN1CC)C(=O)/C=C/c1cc(OC)ccc1OC. The number of methoxy groups -OCH3 is 2. The van der Waals surface area contributed by atoms with Crippen LogP contribution < -0.4 is 9.47 Å². The lowest BCUT2D eigenvalue weighted by Crippen LogP contribution is -2.43. The van der Waals surface area contributed by atoms with Crippen LogP contribution >= 0.6 is 0 Å². The summed E-state index contributed by atoms with van der Waals surface area (Å²) in [6, 6.07) is 5.75. The van der Waals surface area contributed by atoms with Crippen molar-refractivity contribution in [3.8, 4) is 11.5 Å². The third kappa shape index (κ3) is 6.76. The van der Waals surface area contributed by atoms with Gasteiger partial charge in [-0.3, -0.25) is 14.5 Å². The third-order valence-corrected chi connectivity index (χ3v) is 5.38. The van der Waals surface area contributed by atoms with E-state index in [0.29, 0.717) is 37.2 Å². The molecule has 7 heteroatoms. The maximum absolute atomic E-state index is 13.0. The smallest absolute Gasteiger partial charge is 0.307 e. The Balaban J connectivity index is 2.14. The fourth-order valence-corrected chi connectivity index (χ4v) is 3.76. The molecule has 1 fully saturated rings. The highest BCUT2D eigenvalue weighted by molar-refractivity contribution is 5.92. The van der Waals surface area contributed by atoms with Crippen LogP contribution in [-0.4, -0.2) is 74.7 Å². The van der Waals surface area contributed by atoms with Crippen molar-refractivity contribution in [2.75, 3.05) is 47.0 Å². The van der Waals surface area contributed by atoms with E-state index in [9.17, 15) is 9.59 Å². The minimum atomic E-state index is -0.285. The molecule has 1 atom stereocenters. The van der Waals surface area contributed by atoms with Crippen molar-refractivity contribution in [1.82, 2.24) is 9.80 Å². The van der Waals surface area contributed by atoms with Gasteiger partial charge in [-0.1, -0.05) is 6.92 Å². The molecule has 0 aliphatic carbocycles. The number of likely N-dealkylation sites (N-methyl/N-ethyl adjacent to an activating group) is 1. The van der Waals surface area contributed by atoms with Gasteiger partial charge in [0.15, 0.2) is 0 Å². The van der Waals surface area contributed by atoms with Crippen molar-refractivity contribution in [2.45, 2.75) is 39.2 Å². The molecule has 1 saturated heterocycles. The van der Waals surface area contributed by atoms with E-state index < -0.39 is 0 Å². The summed E-state index contributed by atoms with van der Waals surface area (Å²) in [4.78, 5) is 29.0. The van der Waals surface area contributed by atoms with E-state index in [2.05, 4.69) is 11.8 Å². The van der Waals surface area contributed by atoms with E-state index in [4.69, 9.17) is 14.2 Å². The van der Waals surface area contributed by atoms with Gasteiger partial charge in [-0.15, -0.1) is 0 Å². The monoisotopic (exact) mass is 418 g/mol. The zero-order chi connectivity index (χ0) is 21.9. The van der Waals surface area contributed by atoms with Crippen molar-refractivity contribution in [3.63, 3.8) is 0 Å². The Labute approximate surface area is 179 Å². The summed E-state index contributed by atoms with van der Waals surface area (Å²) in [6.45, 7) is 7.21. The van der Waals surface area contributed by atoms with E-state index in [-0.39, 0.29) is 18.3 Å². The van der Waals surface area contributed by atoms with Gasteiger partial charge in [0.1, 0.15) is 11.5 Å². The predicted molar refractivity (Wildman–Crippen MR) is 117 cm³/mol. The lowest BCUT2D eigenvalue weighted by atomic mass is 10.1. The Kier molecular flexibility index (Phi) is 9.67. The summed E-state index contributed by atoms with van der Waals surface area (Å²) in [5.74, 6) is 0.928. The number of carbonyl (C=O) groups is 2. The van der Waals surface area contributed by atoms with Crippen LogP contribution in [0.25, 0.3) is 6.08 Å². The molecule has 2 rings (SSSR count). The largest absolute Gasteiger partial charge is 0.497 e. The van der Waals surface area contributed by atoms with Crippen LogP contribution in [0.4, 0.5) is 0 Å². The van der Waals surface area contributed by atoms with Gasteiger partial charge in [-0.2, -0.15) is 0 Å². The average Bonchev–Trinajstić information content (AvgIpc) is 3.22. The molecular weight excluding hydrogens is 384 g/mol. The molecule has 7 nitrogen and oxygen atoms in total. The van der Waals surface area contributed by atoms with E-state index in [1.807, 2.05) is 12.1 Å². The first-order valence-electron chi connectivity index (χ1n) is 10.6. The van der Waals surface area contributed by atoms with Crippen molar-refractivity contribution >= 4 is 18.0 Å². The molecule has 1 aromatic carbocycles. The van der Waals surface area contributed by atoms with Crippen molar-refractivity contribution < 1.29 is 23.8 Å². The summed E-state index contributed by atoms with van der Waals surface area (Å²) >= 11 is 0. The van der Waals surface area contributed by atoms with Gasteiger partial charge in [0.05, 0.1) is 27.2 Å². The van der Waals surface area contributed by atoms with Gasteiger partial charge in [-0.05, 0) is 57.1 Å². The normalized spacial score (nSPS) is 16.6. The molecule has 1 aliphatic rings. The molecule has 0 N–H and O–H groups in total. The molecule has 0 bridgehead atoms. The third-order valence-electron chi connectivity index (χ3n) is 5.38. The van der Waals surface area contributed by atoms with Gasteiger partial charge in [-0.25, -0.2) is 0 Å². The Morgan fingerprint density at radius 3 is 2.70 bits per heavy atom. The molecule has 1 unspecified atom stereocenters. The average molecular weight is 419 g/mol. The second kappa shape index (κ2) is 12.2. The first-order chi connectivity index (χ1) is 14.5. The van der Waals surface area contributed by atoms with Crippen LogP contribution in [0.1, 0.15) is 38.7 Å². The molecule has 1 heterocycles. The lowest BCUT2D eigenvalue weighted by Gasteiger charge is -2.29. The zero-order valence-corrected chi connectivity index (χ0v) is 18.6. The van der Waals surface area contributed by atoms with Crippen LogP contribution in [0.15, 0.2) is 24.3 Å². The molecule has 1 aromatic rings. The van der Waals surface area contributed by atoms with Gasteiger partial charge >= 0.3 is 5.97 Å². The number of carbonyl (C=O) groups excluding carboxylic acids is 2. The summed E-state index contributed by atoms with van der Waals surface area (Å²) in [6.07, 6.45) is 5.65. The van der Waals surface area contributed by atoms with Gasteiger partial charge in [0, 0.05) is 30.8 Å². The Hall–Kier alpha value is -2.54. The standard InChI is InChI=1S/C23H34N2O5/c1-5-24-14-7-8-19(24)17-25(15-13-23(27)30-6-2)22(26)12-9-18-16-20(28-3)10-11-21(18)29-4/h9-12,16,19H,5-8,13-15,17H2,1-4H3/b12-9+. The molecular formula is C23H34N2O5. The number of ether oxygens (including phenoxy) is 3. The second-order valence-electron chi connectivity index (χ2n) is 7.21. The topological polar surface area (TPSA) is 68.3 Å². The number of hydrogen-bond acceptors (Lipinski definition) is 6. The molecule has 0 saturated carbocycles. The predicted octanol–water partition coefficient (Wildman–Crippen LogP) is 2.98. The summed E-state index contributed by atoms with van der Waals surface area (Å²) in [5, 5.41) is 0. The van der Waals surface area contributed by atoms with E-state index >= 15 is 0 Å². The first-order valence-corrected chi connectivity index (χ1v) is 10.6. The summed E-state index contributed by atoms with van der Waals surface area (Å²) in [7, 11) is 3.19. The number of benzene rings is 1. The molecule has 0 aromatic heterocycles. The highest BCUT2D eigenvalue weighted by atomic mass is 16.5. The van der Waals surface area contributed by atoms with Crippen molar-refractivity contribution in [1.29, 1.82) is 0 Å². The van der Waals surface area contributed by atoms with E-state index in [0.717, 1.165) is 31.5 Å². The first kappa shape index (κ1) is 23.7. The fourth-order valence-electron chi connectivity index (χ4n) is 3.76. The number of amides is 1. The summed E-state index contributed by atoms with van der Waals surface area (Å²) in [5.41, 5.74) is 0.756. The van der Waals surface area contributed by atoms with Crippen LogP contribution in [0.3, 0.4) is 0 Å². The number of rotatable bonds is 11. The van der Waals surface area contributed by atoms with Crippen LogP contribution in [0.5, 0.6) is 11.5 Å². The van der Waals surface area contributed by atoms with Gasteiger partial charge in [0.25, 0.3) is 0 Å². The highest BCUT2D eigenvalue weighted by Crippen LogP contribution is 2.25. The Morgan fingerprint density at radius 1 is 1.23 bits per heavy atom. The van der Waals surface area contributed by atoms with Gasteiger partial charge < -0.3 is 19.1 Å². The molecule has 166 valence electrons. The molecule has 1 amide bonds. The number of hydrogen-bond donors (Lipinski definition) is 0. The Morgan fingerprint density at radius 2 is 2.03 bits per heavy atom. The molecule has 30 heavy (non-hydrogen) atoms. The van der Waals surface area contributed by atoms with Gasteiger partial charge in [0.2, 0.25) is 5.91 Å². The molecule has 1 aliphatic heterocycles. The van der Waals surface area contributed by atoms with E-state index in [1.165, 1.54) is 6.08 Å². The van der Waals surface area contributed by atoms with Crippen LogP contribution in [0.2, 0.25) is 0 Å². The Bertz CT molecular complexity index is 734. The minimum Gasteiger partial charge on any atom is -0.497 e. The number of likely N-dealkylation sites (tertiary alicyclic amines) is 1. The maximum Gasteiger partial charge on any atom is 0.307 e. The fraction of sp³-hybridized carbons (Fsp3) is 0.565. The molecule has 0 radical (unpaired) electrons. The van der Waals surface area contributed by atoms with Crippen molar-refractivity contribution in [2.24, 2.45) is 0 Å². The quantitative estimate of drug-likeness (QED) is 0.407. The lowest BCUT2D eigenvalue weighted by molar-refractivity contribution is -0.143. The summed E-state index contributed by atoms with van der Waals surface area (Å²) < 4.78 is 15.7. The zero-order valence-electron chi connectivity index (χ0n) is 18.6. The molecule has 0 spiro atoms. The second-order valence-corrected chi connectivity index (χ2v) is 7.21. The minimum absolute atomic E-state index is 0.132. The van der Waals surface area contributed by atoms with Crippen LogP contribution in [0, 0.1) is 0 Å². The van der Waals surface area contributed by atoms with Crippen molar-refractivity contribution in [3.05, 3.63) is 29.8 Å². The number of nitrogens with zero attached hydrogens (tertiary/aromatic N) is 2. The van der Waals surface area contributed by atoms with E-state index in [1.54, 1.807) is 38.2 Å². The van der Waals surface area contributed by atoms with Crippen LogP contribution in [-0.2, 0) is 14.3 Å². The number of esters is 1.